The zero-order chi connectivity index (χ0) is 23.8. The van der Waals surface area contributed by atoms with Gasteiger partial charge < -0.3 is 9.64 Å². The van der Waals surface area contributed by atoms with Gasteiger partial charge in [-0.25, -0.2) is 14.4 Å². The standard InChI is InChI=1S/C26H21FN4O3/c1-3-34-16-12-13-22(20(27)14-16)30(2)24-19-10-6-7-11-21(19)28-23(29-24)15-31-25(32)17-8-4-5-9-18(17)26(31)33/h4-14H,3,15H2,1-2H3. The molecule has 1 aromatic heterocycles. The van der Waals surface area contributed by atoms with Gasteiger partial charge in [-0.05, 0) is 43.3 Å². The van der Waals surface area contributed by atoms with E-state index in [9.17, 15) is 14.0 Å². The summed E-state index contributed by atoms with van der Waals surface area (Å²) in [6, 6.07) is 18.7. The number of carbonyl (C=O) groups excluding carboxylic acids is 2. The highest BCUT2D eigenvalue weighted by atomic mass is 19.1. The Balaban J connectivity index is 1.54. The molecule has 0 aliphatic carbocycles. The summed E-state index contributed by atoms with van der Waals surface area (Å²) in [5.74, 6) is -0.0506. The molecule has 0 bridgehead atoms. The summed E-state index contributed by atoms with van der Waals surface area (Å²) in [5.41, 5.74) is 1.65. The number of hydrogen-bond donors (Lipinski definition) is 0. The van der Waals surface area contributed by atoms with Crippen molar-refractivity contribution < 1.29 is 18.7 Å². The third-order valence-electron chi connectivity index (χ3n) is 5.72. The zero-order valence-corrected chi connectivity index (χ0v) is 18.7. The summed E-state index contributed by atoms with van der Waals surface area (Å²) in [4.78, 5) is 37.6. The quantitative estimate of drug-likeness (QED) is 0.391. The summed E-state index contributed by atoms with van der Waals surface area (Å²) in [6.07, 6.45) is 0. The van der Waals surface area contributed by atoms with E-state index in [2.05, 4.69) is 9.97 Å². The van der Waals surface area contributed by atoms with E-state index in [0.29, 0.717) is 45.9 Å². The lowest BCUT2D eigenvalue weighted by Crippen LogP contribution is -2.30. The van der Waals surface area contributed by atoms with E-state index >= 15 is 0 Å². The zero-order valence-electron chi connectivity index (χ0n) is 18.7. The number of hydrogen-bond acceptors (Lipinski definition) is 6. The predicted molar refractivity (Wildman–Crippen MR) is 126 cm³/mol. The van der Waals surface area contributed by atoms with Crippen LogP contribution in [0.4, 0.5) is 15.9 Å². The second kappa shape index (κ2) is 8.55. The van der Waals surface area contributed by atoms with Gasteiger partial charge in [-0.3, -0.25) is 14.5 Å². The van der Waals surface area contributed by atoms with Gasteiger partial charge in [0.15, 0.2) is 11.6 Å². The van der Waals surface area contributed by atoms with E-state index < -0.39 is 5.82 Å². The van der Waals surface area contributed by atoms with Crippen molar-refractivity contribution in [2.24, 2.45) is 0 Å². The minimum atomic E-state index is -0.460. The lowest BCUT2D eigenvalue weighted by Gasteiger charge is -2.22. The van der Waals surface area contributed by atoms with Gasteiger partial charge in [-0.2, -0.15) is 0 Å². The fraction of sp³-hybridized carbons (Fsp3) is 0.154. The third kappa shape index (κ3) is 3.63. The number of rotatable bonds is 6. The van der Waals surface area contributed by atoms with Crippen LogP contribution in [0.3, 0.4) is 0 Å². The van der Waals surface area contributed by atoms with Crippen LogP contribution in [0.5, 0.6) is 5.75 Å². The molecule has 0 unspecified atom stereocenters. The second-order valence-electron chi connectivity index (χ2n) is 7.83. The smallest absolute Gasteiger partial charge is 0.261 e. The topological polar surface area (TPSA) is 75.6 Å². The van der Waals surface area contributed by atoms with Crippen LogP contribution in [0.25, 0.3) is 10.9 Å². The molecule has 1 aliphatic heterocycles. The highest BCUT2D eigenvalue weighted by molar-refractivity contribution is 6.21. The molecule has 3 aromatic carbocycles. The molecule has 1 aliphatic rings. The predicted octanol–water partition coefficient (Wildman–Crippen LogP) is 4.73. The molecule has 0 fully saturated rings. The Kier molecular flexibility index (Phi) is 5.41. The summed E-state index contributed by atoms with van der Waals surface area (Å²) < 4.78 is 20.3. The minimum Gasteiger partial charge on any atom is -0.494 e. The van der Waals surface area contributed by atoms with Crippen molar-refractivity contribution >= 4 is 34.2 Å². The Bertz CT molecular complexity index is 1400. The number of aromatic nitrogens is 2. The molecule has 7 nitrogen and oxygen atoms in total. The largest absolute Gasteiger partial charge is 0.494 e. The fourth-order valence-electron chi connectivity index (χ4n) is 4.09. The highest BCUT2D eigenvalue weighted by Crippen LogP contribution is 2.33. The Hall–Kier alpha value is -4.33. The van der Waals surface area contributed by atoms with E-state index in [4.69, 9.17) is 4.74 Å². The molecule has 170 valence electrons. The molecule has 2 amide bonds. The highest BCUT2D eigenvalue weighted by Gasteiger charge is 2.35. The van der Waals surface area contributed by atoms with Crippen molar-refractivity contribution in [2.75, 3.05) is 18.6 Å². The summed E-state index contributed by atoms with van der Waals surface area (Å²) >= 11 is 0. The number of benzene rings is 3. The van der Waals surface area contributed by atoms with Crippen LogP contribution >= 0.6 is 0 Å². The van der Waals surface area contributed by atoms with Crippen LogP contribution in [0, 0.1) is 5.82 Å². The number of anilines is 2. The molecule has 0 saturated carbocycles. The summed E-state index contributed by atoms with van der Waals surface area (Å²) in [5, 5.41) is 0.712. The van der Waals surface area contributed by atoms with Crippen molar-refractivity contribution in [2.45, 2.75) is 13.5 Å². The van der Waals surface area contributed by atoms with Crippen LogP contribution in [0.15, 0.2) is 66.7 Å². The van der Waals surface area contributed by atoms with E-state index in [1.54, 1.807) is 48.3 Å². The third-order valence-corrected chi connectivity index (χ3v) is 5.72. The molecular formula is C26H21FN4O3. The van der Waals surface area contributed by atoms with Gasteiger partial charge in [0.2, 0.25) is 0 Å². The molecule has 0 spiro atoms. The lowest BCUT2D eigenvalue weighted by atomic mass is 10.1. The maximum atomic E-state index is 14.9. The van der Waals surface area contributed by atoms with Crippen molar-refractivity contribution in [1.82, 2.24) is 14.9 Å². The average Bonchev–Trinajstić information content (AvgIpc) is 3.08. The van der Waals surface area contributed by atoms with Gasteiger partial charge in [-0.15, -0.1) is 0 Å². The SMILES string of the molecule is CCOc1ccc(N(C)c2nc(CN3C(=O)c4ccccc4C3=O)nc3ccccc23)c(F)c1. The van der Waals surface area contributed by atoms with Crippen LogP contribution in [-0.4, -0.2) is 40.3 Å². The Morgan fingerprint density at radius 1 is 0.941 bits per heavy atom. The lowest BCUT2D eigenvalue weighted by molar-refractivity contribution is 0.0638. The Morgan fingerprint density at radius 2 is 1.62 bits per heavy atom. The molecule has 8 heteroatoms. The molecule has 0 saturated heterocycles. The summed E-state index contributed by atoms with van der Waals surface area (Å²) in [6.45, 7) is 2.18. The van der Waals surface area contributed by atoms with Gasteiger partial charge in [0.25, 0.3) is 11.8 Å². The number of fused-ring (bicyclic) bond motifs is 2. The van der Waals surface area contributed by atoms with Gasteiger partial charge in [0.05, 0.1) is 35.5 Å². The van der Waals surface area contributed by atoms with E-state index in [1.165, 1.54) is 6.07 Å². The van der Waals surface area contributed by atoms with E-state index in [-0.39, 0.29) is 24.2 Å². The first-order valence-corrected chi connectivity index (χ1v) is 10.8. The Labute approximate surface area is 195 Å². The van der Waals surface area contributed by atoms with Crippen LogP contribution in [0.1, 0.15) is 33.5 Å². The van der Waals surface area contributed by atoms with Crippen LogP contribution < -0.4 is 9.64 Å². The Morgan fingerprint density at radius 3 is 2.29 bits per heavy atom. The van der Waals surface area contributed by atoms with Gasteiger partial charge >= 0.3 is 0 Å². The normalized spacial score (nSPS) is 12.9. The van der Waals surface area contributed by atoms with Crippen LogP contribution in [-0.2, 0) is 6.54 Å². The molecular weight excluding hydrogens is 435 g/mol. The van der Waals surface area contributed by atoms with Gasteiger partial charge in [-0.1, -0.05) is 24.3 Å². The number of carbonyl (C=O) groups is 2. The number of ether oxygens (including phenoxy) is 1. The number of imide groups is 1. The molecule has 5 rings (SSSR count). The minimum absolute atomic E-state index is 0.0935. The first kappa shape index (κ1) is 21.5. The number of para-hydroxylation sites is 1. The van der Waals surface area contributed by atoms with Crippen molar-refractivity contribution in [3.63, 3.8) is 0 Å². The van der Waals surface area contributed by atoms with Gasteiger partial charge in [0.1, 0.15) is 11.6 Å². The van der Waals surface area contributed by atoms with Crippen molar-refractivity contribution in [3.8, 4) is 5.75 Å². The number of amides is 2. The number of nitrogens with zero attached hydrogens (tertiary/aromatic N) is 4. The van der Waals surface area contributed by atoms with Crippen molar-refractivity contribution in [1.29, 1.82) is 0 Å². The molecule has 0 N–H and O–H groups in total. The number of halogens is 1. The van der Waals surface area contributed by atoms with E-state index in [1.807, 2.05) is 31.2 Å². The monoisotopic (exact) mass is 456 g/mol. The van der Waals surface area contributed by atoms with Crippen LogP contribution in [0.2, 0.25) is 0 Å². The fourth-order valence-corrected chi connectivity index (χ4v) is 4.09. The maximum absolute atomic E-state index is 14.9. The molecule has 34 heavy (non-hydrogen) atoms. The maximum Gasteiger partial charge on any atom is 0.261 e. The van der Waals surface area contributed by atoms with Crippen molar-refractivity contribution in [3.05, 3.63) is 89.5 Å². The molecule has 2 heterocycles. The average molecular weight is 456 g/mol. The first-order chi connectivity index (χ1) is 16.5. The molecule has 0 radical (unpaired) electrons. The van der Waals surface area contributed by atoms with E-state index in [0.717, 1.165) is 4.90 Å². The summed E-state index contributed by atoms with van der Waals surface area (Å²) in [7, 11) is 1.71. The van der Waals surface area contributed by atoms with Gasteiger partial charge in [0, 0.05) is 18.5 Å². The molecule has 0 atom stereocenters. The first-order valence-electron chi connectivity index (χ1n) is 10.8. The second-order valence-corrected chi connectivity index (χ2v) is 7.83. The molecule has 4 aromatic rings.